The van der Waals surface area contributed by atoms with E-state index in [0.29, 0.717) is 18.4 Å². The molecule has 5 rings (SSSR count). The fourth-order valence-corrected chi connectivity index (χ4v) is 5.86. The summed E-state index contributed by atoms with van der Waals surface area (Å²) >= 11 is 0. The van der Waals surface area contributed by atoms with Crippen LogP contribution in [0.15, 0.2) is 91.1 Å². The number of carbonyl (C=O) groups is 1. The zero-order valence-corrected chi connectivity index (χ0v) is 20.6. The third-order valence-corrected chi connectivity index (χ3v) is 7.82. The van der Waals surface area contributed by atoms with E-state index >= 15 is 0 Å². The first-order valence-corrected chi connectivity index (χ1v) is 13.0. The van der Waals surface area contributed by atoms with Gasteiger partial charge in [-0.15, -0.1) is 0 Å². The number of carbonyl (C=O) groups excluding carboxylic acids is 1. The summed E-state index contributed by atoms with van der Waals surface area (Å²) in [5, 5.41) is 0. The highest BCUT2D eigenvalue weighted by Gasteiger charge is 2.44. The van der Waals surface area contributed by atoms with Crippen LogP contribution in [0.25, 0.3) is 11.6 Å². The van der Waals surface area contributed by atoms with Crippen molar-refractivity contribution in [2.24, 2.45) is 11.8 Å². The van der Waals surface area contributed by atoms with E-state index in [1.54, 1.807) is 0 Å². The quantitative estimate of drug-likeness (QED) is 0.460. The molecular formula is C32H35NO2. The van der Waals surface area contributed by atoms with Gasteiger partial charge in [-0.25, -0.2) is 0 Å². The second-order valence-electron chi connectivity index (χ2n) is 9.78. The molecule has 3 heteroatoms. The van der Waals surface area contributed by atoms with Gasteiger partial charge in [-0.05, 0) is 61.5 Å². The van der Waals surface area contributed by atoms with Gasteiger partial charge in [0.1, 0.15) is 0 Å². The van der Waals surface area contributed by atoms with Gasteiger partial charge < -0.3 is 9.64 Å². The lowest BCUT2D eigenvalue weighted by atomic mass is 9.72. The standard InChI is InChI=1S/C32H35NO2/c1-2-35-31(34)32(27-13-4-3-5-14-27)20-23-33(24-21-32)22-10-17-30-28-15-8-6-11-25(28)18-19-26-12-7-9-16-29(26)30/h3-9,11-19,25,28H,2,10,20-24H2,1H3. The summed E-state index contributed by atoms with van der Waals surface area (Å²) in [5.41, 5.74) is 4.64. The second kappa shape index (κ2) is 10.6. The number of rotatable bonds is 6. The van der Waals surface area contributed by atoms with Gasteiger partial charge in [0.2, 0.25) is 0 Å². The molecule has 0 spiro atoms. The van der Waals surface area contributed by atoms with Crippen LogP contribution in [-0.4, -0.2) is 37.1 Å². The summed E-state index contributed by atoms with van der Waals surface area (Å²) in [6, 6.07) is 19.0. The lowest BCUT2D eigenvalue weighted by Gasteiger charge is -2.40. The maximum atomic E-state index is 13.1. The number of piperidine rings is 1. The highest BCUT2D eigenvalue weighted by atomic mass is 16.5. The van der Waals surface area contributed by atoms with Gasteiger partial charge in [0.15, 0.2) is 0 Å². The van der Waals surface area contributed by atoms with Crippen molar-refractivity contribution >= 4 is 17.6 Å². The van der Waals surface area contributed by atoms with Gasteiger partial charge >= 0.3 is 5.97 Å². The summed E-state index contributed by atoms with van der Waals surface area (Å²) in [5.74, 6) is 0.721. The normalized spacial score (nSPS) is 24.0. The highest BCUT2D eigenvalue weighted by Crippen LogP contribution is 2.40. The first kappa shape index (κ1) is 23.6. The largest absolute Gasteiger partial charge is 0.465 e. The predicted octanol–water partition coefficient (Wildman–Crippen LogP) is 6.44. The fraction of sp³-hybridized carbons (Fsp3) is 0.344. The Morgan fingerprint density at radius 2 is 1.74 bits per heavy atom. The number of hydrogen-bond donors (Lipinski definition) is 0. The van der Waals surface area contributed by atoms with E-state index in [9.17, 15) is 4.79 Å². The van der Waals surface area contributed by atoms with Gasteiger partial charge in [-0.3, -0.25) is 4.79 Å². The zero-order chi connectivity index (χ0) is 24.1. The van der Waals surface area contributed by atoms with E-state index in [1.165, 1.54) is 16.7 Å². The summed E-state index contributed by atoms with van der Waals surface area (Å²) in [6.45, 7) is 5.13. The first-order valence-electron chi connectivity index (χ1n) is 13.0. The zero-order valence-electron chi connectivity index (χ0n) is 20.6. The maximum absolute atomic E-state index is 13.1. The average Bonchev–Trinajstić information content (AvgIpc) is 3.07. The van der Waals surface area contributed by atoms with Crippen LogP contribution in [-0.2, 0) is 14.9 Å². The summed E-state index contributed by atoms with van der Waals surface area (Å²) in [4.78, 5) is 15.6. The van der Waals surface area contributed by atoms with Gasteiger partial charge in [-0.1, -0.05) is 97.1 Å². The number of allylic oxidation sites excluding steroid dienone is 6. The molecule has 0 bridgehead atoms. The Labute approximate surface area is 209 Å². The minimum atomic E-state index is -0.523. The number of hydrogen-bond acceptors (Lipinski definition) is 3. The molecule has 1 fully saturated rings. The Hall–Kier alpha value is -3.17. The van der Waals surface area contributed by atoms with Gasteiger partial charge in [0, 0.05) is 18.4 Å². The Balaban J connectivity index is 1.29. The molecule has 3 aliphatic rings. The second-order valence-corrected chi connectivity index (χ2v) is 9.78. The molecule has 35 heavy (non-hydrogen) atoms. The van der Waals surface area contributed by atoms with Crippen LogP contribution in [0, 0.1) is 11.8 Å². The van der Waals surface area contributed by atoms with Crippen LogP contribution < -0.4 is 0 Å². The van der Waals surface area contributed by atoms with Crippen molar-refractivity contribution in [2.45, 2.75) is 31.6 Å². The maximum Gasteiger partial charge on any atom is 0.316 e. The smallest absolute Gasteiger partial charge is 0.316 e. The monoisotopic (exact) mass is 465 g/mol. The Morgan fingerprint density at radius 3 is 2.54 bits per heavy atom. The van der Waals surface area contributed by atoms with Crippen molar-refractivity contribution < 1.29 is 9.53 Å². The SMILES string of the molecule is CCOC(=O)C1(c2ccccc2)CCN(CCC=C2c3ccccc3C=CC3C=CC=CC23)CC1. The van der Waals surface area contributed by atoms with E-state index in [0.717, 1.165) is 44.5 Å². The van der Waals surface area contributed by atoms with Crippen molar-refractivity contribution in [1.82, 2.24) is 4.90 Å². The molecule has 1 heterocycles. The van der Waals surface area contributed by atoms with E-state index in [1.807, 2.05) is 25.1 Å². The van der Waals surface area contributed by atoms with Crippen molar-refractivity contribution in [3.63, 3.8) is 0 Å². The molecule has 180 valence electrons. The fourth-order valence-electron chi connectivity index (χ4n) is 5.86. The van der Waals surface area contributed by atoms with Crippen LogP contribution in [0.1, 0.15) is 42.9 Å². The van der Waals surface area contributed by atoms with Crippen molar-refractivity contribution in [3.05, 3.63) is 108 Å². The molecule has 0 saturated carbocycles. The summed E-state index contributed by atoms with van der Waals surface area (Å²) in [7, 11) is 0. The van der Waals surface area contributed by atoms with Crippen LogP contribution in [0.5, 0.6) is 0 Å². The molecule has 0 amide bonds. The molecule has 1 aliphatic heterocycles. The predicted molar refractivity (Wildman–Crippen MR) is 144 cm³/mol. The van der Waals surface area contributed by atoms with E-state index in [4.69, 9.17) is 4.74 Å². The van der Waals surface area contributed by atoms with Crippen LogP contribution in [0.4, 0.5) is 0 Å². The highest BCUT2D eigenvalue weighted by molar-refractivity contribution is 5.83. The van der Waals surface area contributed by atoms with Crippen molar-refractivity contribution in [1.29, 1.82) is 0 Å². The number of ether oxygens (including phenoxy) is 1. The van der Waals surface area contributed by atoms with Crippen LogP contribution >= 0.6 is 0 Å². The Morgan fingerprint density at radius 1 is 1.00 bits per heavy atom. The number of esters is 1. The molecule has 0 radical (unpaired) electrons. The van der Waals surface area contributed by atoms with Gasteiger partial charge in [0.25, 0.3) is 0 Å². The molecule has 2 unspecified atom stereocenters. The molecule has 3 nitrogen and oxygen atoms in total. The topological polar surface area (TPSA) is 29.5 Å². The van der Waals surface area contributed by atoms with Crippen molar-refractivity contribution in [3.8, 4) is 0 Å². The van der Waals surface area contributed by atoms with Crippen LogP contribution in [0.2, 0.25) is 0 Å². The minimum Gasteiger partial charge on any atom is -0.465 e. The Bertz CT molecular complexity index is 1150. The number of likely N-dealkylation sites (tertiary alicyclic amines) is 1. The van der Waals surface area contributed by atoms with E-state index in [2.05, 4.69) is 83.8 Å². The van der Waals surface area contributed by atoms with Gasteiger partial charge in [-0.2, -0.15) is 0 Å². The van der Waals surface area contributed by atoms with E-state index in [-0.39, 0.29) is 5.97 Å². The number of fused-ring (bicyclic) bond motifs is 2. The minimum absolute atomic E-state index is 0.0706. The molecule has 2 aliphatic carbocycles. The molecule has 1 saturated heterocycles. The van der Waals surface area contributed by atoms with Crippen LogP contribution in [0.3, 0.4) is 0 Å². The third kappa shape index (κ3) is 4.83. The molecule has 2 aromatic carbocycles. The molecule has 2 atom stereocenters. The lowest BCUT2D eigenvalue weighted by molar-refractivity contribution is -0.152. The van der Waals surface area contributed by atoms with E-state index < -0.39 is 5.41 Å². The van der Waals surface area contributed by atoms with Crippen molar-refractivity contribution in [2.75, 3.05) is 26.2 Å². The summed E-state index contributed by atoms with van der Waals surface area (Å²) < 4.78 is 5.55. The molecular weight excluding hydrogens is 430 g/mol. The number of nitrogens with zero attached hydrogens (tertiary/aromatic N) is 1. The molecule has 0 N–H and O–H groups in total. The lowest BCUT2D eigenvalue weighted by Crippen LogP contribution is -2.48. The van der Waals surface area contributed by atoms with Gasteiger partial charge in [0.05, 0.1) is 12.0 Å². The molecule has 0 aromatic heterocycles. The summed E-state index contributed by atoms with van der Waals surface area (Å²) in [6.07, 6.45) is 18.7. The molecule has 2 aromatic rings. The third-order valence-electron chi connectivity index (χ3n) is 7.82. The number of benzene rings is 2. The average molecular weight is 466 g/mol. The Kier molecular flexibility index (Phi) is 7.15. The first-order chi connectivity index (χ1) is 17.2.